The zero-order chi connectivity index (χ0) is 16.1. The Morgan fingerprint density at radius 1 is 1.35 bits per heavy atom. The molecule has 1 aliphatic carbocycles. The van der Waals surface area contributed by atoms with Gasteiger partial charge in [-0.1, -0.05) is 18.5 Å². The zero-order valence-electron chi connectivity index (χ0n) is 12.9. The second kappa shape index (κ2) is 5.32. The summed E-state index contributed by atoms with van der Waals surface area (Å²) in [6.07, 6.45) is 6.26. The number of rotatable bonds is 2. The molecule has 2 aliphatic rings. The molecule has 1 aromatic heterocycles. The average molecular weight is 328 g/mol. The topological polar surface area (TPSA) is 59.2 Å². The molecular formula is C18H18ClN3O. The molecule has 0 bridgehead atoms. The molecule has 2 N–H and O–H groups in total. The third-order valence-corrected chi connectivity index (χ3v) is 5.19. The monoisotopic (exact) mass is 327 g/mol. The van der Waals surface area contributed by atoms with Gasteiger partial charge in [-0.25, -0.2) is 0 Å². The number of hydrogen-bond acceptors (Lipinski definition) is 3. The minimum absolute atomic E-state index is 0.00123. The van der Waals surface area contributed by atoms with Crippen molar-refractivity contribution in [2.24, 2.45) is 5.73 Å². The van der Waals surface area contributed by atoms with Crippen molar-refractivity contribution in [1.82, 2.24) is 4.98 Å². The molecule has 1 amide bonds. The first-order chi connectivity index (χ1) is 11.1. The molecule has 0 fully saturated rings. The first-order valence-corrected chi connectivity index (χ1v) is 8.35. The van der Waals surface area contributed by atoms with Crippen LogP contribution in [0.5, 0.6) is 0 Å². The smallest absolute Gasteiger partial charge is 0.259 e. The molecule has 1 aliphatic heterocycles. The maximum absolute atomic E-state index is 13.0. The van der Waals surface area contributed by atoms with E-state index in [1.54, 1.807) is 12.3 Å². The van der Waals surface area contributed by atoms with Gasteiger partial charge < -0.3 is 5.73 Å². The van der Waals surface area contributed by atoms with Gasteiger partial charge in [0.2, 0.25) is 0 Å². The molecule has 2 aromatic rings. The molecule has 5 heteroatoms. The number of carbonyl (C=O) groups excluding carboxylic acids is 1. The van der Waals surface area contributed by atoms with Gasteiger partial charge in [0.15, 0.2) is 0 Å². The number of anilines is 1. The number of benzene rings is 1. The lowest BCUT2D eigenvalue weighted by molar-refractivity contribution is 0.0990. The lowest BCUT2D eigenvalue weighted by atomic mass is 10.0. The summed E-state index contributed by atoms with van der Waals surface area (Å²) >= 11 is 6.14. The Balaban J connectivity index is 1.86. The quantitative estimate of drug-likeness (QED) is 0.912. The number of hydrogen-bond donors (Lipinski definition) is 1. The van der Waals surface area contributed by atoms with Crippen molar-refractivity contribution in [3.8, 4) is 0 Å². The lowest BCUT2D eigenvalue weighted by Crippen LogP contribution is -2.28. The Bertz CT molecular complexity index is 805. The molecule has 2 atom stereocenters. The highest BCUT2D eigenvalue weighted by Crippen LogP contribution is 2.44. The van der Waals surface area contributed by atoms with E-state index < -0.39 is 0 Å². The normalized spacial score (nSPS) is 22.4. The van der Waals surface area contributed by atoms with Gasteiger partial charge in [-0.05, 0) is 54.2 Å². The highest BCUT2D eigenvalue weighted by molar-refractivity contribution is 6.31. The van der Waals surface area contributed by atoms with E-state index in [2.05, 4.69) is 11.9 Å². The minimum Gasteiger partial charge on any atom is -0.324 e. The summed E-state index contributed by atoms with van der Waals surface area (Å²) in [6, 6.07) is 5.53. The summed E-state index contributed by atoms with van der Waals surface area (Å²) < 4.78 is 0. The van der Waals surface area contributed by atoms with Gasteiger partial charge in [-0.3, -0.25) is 14.7 Å². The van der Waals surface area contributed by atoms with Crippen molar-refractivity contribution in [3.63, 3.8) is 0 Å². The standard InChI is InChI=1S/C18H18ClN3O/c1-2-16-13-7-10(19)3-4-12(13)18(23)22(16)17-9-21-8-14-11(17)5-6-15(14)20/h3-4,7-9,15-16H,2,5-6,20H2,1H3/t15-,16+/m0/s1. The minimum atomic E-state index is 0.00123. The number of amides is 1. The van der Waals surface area contributed by atoms with E-state index >= 15 is 0 Å². The summed E-state index contributed by atoms with van der Waals surface area (Å²) in [6.45, 7) is 2.09. The van der Waals surface area contributed by atoms with Crippen LogP contribution in [0.2, 0.25) is 5.02 Å². The number of pyridine rings is 1. The molecule has 0 unspecified atom stereocenters. The maximum Gasteiger partial charge on any atom is 0.259 e. The SMILES string of the molecule is CC[C@@H]1c2cc(Cl)ccc2C(=O)N1c1cncc2c1CC[C@@H]2N. The number of nitrogens with two attached hydrogens (primary N) is 1. The lowest BCUT2D eigenvalue weighted by Gasteiger charge is -2.26. The van der Waals surface area contributed by atoms with Gasteiger partial charge in [-0.2, -0.15) is 0 Å². The predicted molar refractivity (Wildman–Crippen MR) is 90.8 cm³/mol. The molecule has 118 valence electrons. The summed E-state index contributed by atoms with van der Waals surface area (Å²) in [4.78, 5) is 19.2. The summed E-state index contributed by atoms with van der Waals surface area (Å²) in [7, 11) is 0. The van der Waals surface area contributed by atoms with Crippen LogP contribution in [-0.4, -0.2) is 10.9 Å². The highest BCUT2D eigenvalue weighted by Gasteiger charge is 2.39. The maximum atomic E-state index is 13.0. The molecule has 23 heavy (non-hydrogen) atoms. The number of fused-ring (bicyclic) bond motifs is 2. The van der Waals surface area contributed by atoms with Crippen LogP contribution in [0, 0.1) is 0 Å². The van der Waals surface area contributed by atoms with Crippen molar-refractivity contribution in [3.05, 3.63) is 57.9 Å². The number of aromatic nitrogens is 1. The van der Waals surface area contributed by atoms with E-state index in [1.165, 1.54) is 5.56 Å². The Morgan fingerprint density at radius 2 is 2.17 bits per heavy atom. The molecule has 0 saturated carbocycles. The van der Waals surface area contributed by atoms with Gasteiger partial charge >= 0.3 is 0 Å². The van der Waals surface area contributed by atoms with Crippen molar-refractivity contribution in [1.29, 1.82) is 0 Å². The van der Waals surface area contributed by atoms with Gasteiger partial charge in [-0.15, -0.1) is 0 Å². The fraction of sp³-hybridized carbons (Fsp3) is 0.333. The van der Waals surface area contributed by atoms with Crippen LogP contribution in [0.4, 0.5) is 5.69 Å². The van der Waals surface area contributed by atoms with E-state index in [0.717, 1.165) is 41.6 Å². The second-order valence-electron chi connectivity index (χ2n) is 6.20. The van der Waals surface area contributed by atoms with Crippen LogP contribution in [0.25, 0.3) is 0 Å². The van der Waals surface area contributed by atoms with E-state index in [-0.39, 0.29) is 18.0 Å². The van der Waals surface area contributed by atoms with Crippen LogP contribution in [0.1, 0.15) is 58.9 Å². The molecular weight excluding hydrogens is 310 g/mol. The third kappa shape index (κ3) is 2.09. The average Bonchev–Trinajstić information content (AvgIpc) is 3.05. The fourth-order valence-electron chi connectivity index (χ4n) is 3.84. The fourth-order valence-corrected chi connectivity index (χ4v) is 4.02. The molecule has 1 aromatic carbocycles. The van der Waals surface area contributed by atoms with Gasteiger partial charge in [0.1, 0.15) is 0 Å². The van der Waals surface area contributed by atoms with E-state index in [0.29, 0.717) is 5.02 Å². The van der Waals surface area contributed by atoms with Crippen molar-refractivity contribution in [2.75, 3.05) is 4.90 Å². The van der Waals surface area contributed by atoms with Crippen LogP contribution < -0.4 is 10.6 Å². The number of halogens is 1. The van der Waals surface area contributed by atoms with Gasteiger partial charge in [0, 0.05) is 22.8 Å². The Kier molecular flexibility index (Phi) is 3.39. The van der Waals surface area contributed by atoms with E-state index in [9.17, 15) is 4.79 Å². The Morgan fingerprint density at radius 3 is 2.96 bits per heavy atom. The predicted octanol–water partition coefficient (Wildman–Crippen LogP) is 3.79. The van der Waals surface area contributed by atoms with Gasteiger partial charge in [0.05, 0.1) is 17.9 Å². The van der Waals surface area contributed by atoms with Crippen LogP contribution in [-0.2, 0) is 6.42 Å². The second-order valence-corrected chi connectivity index (χ2v) is 6.64. The highest BCUT2D eigenvalue weighted by atomic mass is 35.5. The molecule has 4 nitrogen and oxygen atoms in total. The van der Waals surface area contributed by atoms with Crippen molar-refractivity contribution in [2.45, 2.75) is 38.3 Å². The third-order valence-electron chi connectivity index (χ3n) is 4.95. The zero-order valence-corrected chi connectivity index (χ0v) is 13.7. The van der Waals surface area contributed by atoms with Gasteiger partial charge in [0.25, 0.3) is 5.91 Å². The van der Waals surface area contributed by atoms with E-state index in [4.69, 9.17) is 17.3 Å². The van der Waals surface area contributed by atoms with Crippen LogP contribution >= 0.6 is 11.6 Å². The molecule has 0 spiro atoms. The number of carbonyl (C=O) groups is 1. The summed E-state index contributed by atoms with van der Waals surface area (Å²) in [5.74, 6) is 0.0270. The number of nitrogens with zero attached hydrogens (tertiary/aromatic N) is 2. The Labute approximate surface area is 140 Å². The Hall–Kier alpha value is -1.91. The van der Waals surface area contributed by atoms with E-state index in [1.807, 2.05) is 23.2 Å². The molecule has 2 heterocycles. The molecule has 0 saturated heterocycles. The molecule has 0 radical (unpaired) electrons. The van der Waals surface area contributed by atoms with Crippen LogP contribution in [0.15, 0.2) is 30.6 Å². The van der Waals surface area contributed by atoms with Crippen molar-refractivity contribution >= 4 is 23.2 Å². The first-order valence-electron chi connectivity index (χ1n) is 7.97. The first kappa shape index (κ1) is 14.7. The summed E-state index contributed by atoms with van der Waals surface area (Å²) in [5.41, 5.74) is 11.0. The van der Waals surface area contributed by atoms with Crippen molar-refractivity contribution < 1.29 is 4.79 Å². The van der Waals surface area contributed by atoms with Crippen LogP contribution in [0.3, 0.4) is 0 Å². The molecule has 4 rings (SSSR count). The summed E-state index contributed by atoms with van der Waals surface area (Å²) in [5, 5.41) is 0.662. The largest absolute Gasteiger partial charge is 0.324 e.